The van der Waals surface area contributed by atoms with E-state index in [1.54, 1.807) is 0 Å². The molecule has 0 saturated carbocycles. The van der Waals surface area contributed by atoms with Crippen molar-refractivity contribution in [3.05, 3.63) is 0 Å². The summed E-state index contributed by atoms with van der Waals surface area (Å²) in [5.41, 5.74) is 0. The zero-order valence-electron chi connectivity index (χ0n) is 13.4. The van der Waals surface area contributed by atoms with Crippen LogP contribution in [0.3, 0.4) is 0 Å². The maximum atomic E-state index is 2.43. The summed E-state index contributed by atoms with van der Waals surface area (Å²) in [4.78, 5) is 0. The van der Waals surface area contributed by atoms with Gasteiger partial charge in [-0.1, -0.05) is 48.1 Å². The molecule has 0 aromatic carbocycles. The quantitative estimate of drug-likeness (QED) is 0.456. The Kier molecular flexibility index (Phi) is 36.3. The van der Waals surface area contributed by atoms with E-state index in [9.17, 15) is 0 Å². The molecule has 0 N–H and O–H groups in total. The maximum absolute atomic E-state index is 2.43. The molecule has 0 aromatic rings. The van der Waals surface area contributed by atoms with Crippen molar-refractivity contribution in [1.82, 2.24) is 0 Å². The van der Waals surface area contributed by atoms with E-state index in [-0.39, 0.29) is 0 Å². The summed E-state index contributed by atoms with van der Waals surface area (Å²) in [7, 11) is 3.37. The highest BCUT2D eigenvalue weighted by atomic mass is 31.4. The molecule has 0 atom stereocenters. The topological polar surface area (TPSA) is 0 Å². The van der Waals surface area contributed by atoms with Crippen LogP contribution in [-0.4, -0.2) is 46.2 Å². The molecule has 4 heteroatoms. The van der Waals surface area contributed by atoms with Crippen molar-refractivity contribution in [3.63, 3.8) is 0 Å². The minimum absolute atomic E-state index is 0.393. The molecule has 0 nitrogen and oxygen atoms in total. The highest BCUT2D eigenvalue weighted by Crippen LogP contribution is 2.30. The first kappa shape index (κ1) is 23.6. The smallest absolute Gasteiger partial charge is 0.0460 e. The van der Waals surface area contributed by atoms with Crippen LogP contribution in [0, 0.1) is 0 Å². The predicted molar refractivity (Wildman–Crippen MR) is 101 cm³/mol. The monoisotopic (exact) mass is 314 g/mol. The van der Waals surface area contributed by atoms with Crippen LogP contribution in [0.25, 0.3) is 0 Å². The minimum Gasteiger partial charge on any atom is -0.126 e. The number of hydrogen-bond acceptors (Lipinski definition) is 0. The second-order valence-corrected chi connectivity index (χ2v) is 15.2. The Balaban J connectivity index is -0.000000177. The summed E-state index contributed by atoms with van der Waals surface area (Å²) in [6.07, 6.45) is 8.45. The van der Waals surface area contributed by atoms with Crippen molar-refractivity contribution in [2.45, 2.75) is 48.1 Å². The van der Waals surface area contributed by atoms with E-state index in [2.05, 4.69) is 48.1 Å². The van der Waals surface area contributed by atoms with Gasteiger partial charge in [0.05, 0.1) is 0 Å². The molecule has 0 saturated heterocycles. The molecule has 0 bridgehead atoms. The van der Waals surface area contributed by atoms with Crippen LogP contribution in [0.1, 0.15) is 41.5 Å². The van der Waals surface area contributed by atoms with E-state index >= 15 is 0 Å². The third kappa shape index (κ3) is 31.8. The standard InChI is InChI=1S/C5H15PSi.2C4H11P/c1-4-6(5-2)7-3;2*1-3-5-4-2/h4-5,7H2,1-3H3;2*5H,3-4H2,1-2H3. The molecule has 0 rings (SSSR count). The van der Waals surface area contributed by atoms with Gasteiger partial charge in [0.2, 0.25) is 0 Å². The van der Waals surface area contributed by atoms with Gasteiger partial charge in [-0.2, -0.15) is 0 Å². The summed E-state index contributed by atoms with van der Waals surface area (Å²) in [6.45, 7) is 16.0. The molecular weight excluding hydrogens is 277 g/mol. The van der Waals surface area contributed by atoms with E-state index < -0.39 is 0 Å². The molecule has 17 heavy (non-hydrogen) atoms. The molecule has 0 spiro atoms. The molecule has 108 valence electrons. The zero-order valence-corrected chi connectivity index (χ0v) is 17.7. The third-order valence-corrected chi connectivity index (χ3v) is 12.4. The second kappa shape index (κ2) is 26.1. The van der Waals surface area contributed by atoms with Crippen LogP contribution in [0.4, 0.5) is 0 Å². The minimum atomic E-state index is 0.393. The molecule has 0 amide bonds. The van der Waals surface area contributed by atoms with Crippen molar-refractivity contribution < 1.29 is 0 Å². The second-order valence-electron chi connectivity index (χ2n) is 3.53. The summed E-state index contributed by atoms with van der Waals surface area (Å²) in [5, 5.41) is 0. The van der Waals surface area contributed by atoms with Crippen LogP contribution >= 0.6 is 24.6 Å². The highest BCUT2D eigenvalue weighted by molar-refractivity contribution is 7.85. The first-order valence-electron chi connectivity index (χ1n) is 7.31. The lowest BCUT2D eigenvalue weighted by atomic mass is 11.0. The third-order valence-electron chi connectivity index (χ3n) is 2.34. The van der Waals surface area contributed by atoms with Crippen molar-refractivity contribution in [2.75, 3.05) is 37.0 Å². The molecule has 0 aliphatic rings. The van der Waals surface area contributed by atoms with E-state index in [0.717, 1.165) is 0 Å². The fourth-order valence-corrected chi connectivity index (χ4v) is 6.20. The van der Waals surface area contributed by atoms with Gasteiger partial charge in [0.1, 0.15) is 0 Å². The van der Waals surface area contributed by atoms with Crippen LogP contribution in [0.5, 0.6) is 0 Å². The summed E-state index contributed by atoms with van der Waals surface area (Å²) >= 11 is 0. The molecule has 0 aliphatic heterocycles. The predicted octanol–water partition coefficient (Wildman–Crippen LogP) is 5.05. The van der Waals surface area contributed by atoms with E-state index in [1.165, 1.54) is 54.1 Å². The van der Waals surface area contributed by atoms with Gasteiger partial charge >= 0.3 is 0 Å². The maximum Gasteiger partial charge on any atom is 0.0460 e. The largest absolute Gasteiger partial charge is 0.126 e. The lowest BCUT2D eigenvalue weighted by Gasteiger charge is -2.06. The Hall–Kier alpha value is 1.51. The van der Waals surface area contributed by atoms with Crippen molar-refractivity contribution in [2.24, 2.45) is 0 Å². The van der Waals surface area contributed by atoms with Gasteiger partial charge in [-0.25, -0.2) is 0 Å². The van der Waals surface area contributed by atoms with Gasteiger partial charge in [-0.15, -0.1) is 24.6 Å². The fraction of sp³-hybridized carbons (Fsp3) is 1.00. The molecule has 0 aliphatic carbocycles. The Morgan fingerprint density at radius 3 is 1.00 bits per heavy atom. The van der Waals surface area contributed by atoms with Crippen molar-refractivity contribution in [1.29, 1.82) is 0 Å². The van der Waals surface area contributed by atoms with Gasteiger partial charge in [0, 0.05) is 9.19 Å². The van der Waals surface area contributed by atoms with Crippen molar-refractivity contribution in [3.8, 4) is 0 Å². The number of hydrogen-bond donors (Lipinski definition) is 0. The average Bonchev–Trinajstić information content (AvgIpc) is 2.35. The molecule has 0 radical (unpaired) electrons. The van der Waals surface area contributed by atoms with Crippen LogP contribution in [-0.2, 0) is 0 Å². The lowest BCUT2D eigenvalue weighted by molar-refractivity contribution is 1.43. The van der Waals surface area contributed by atoms with Crippen molar-refractivity contribution >= 4 is 33.8 Å². The van der Waals surface area contributed by atoms with Gasteiger partial charge in [0.25, 0.3) is 0 Å². The zero-order chi connectivity index (χ0) is 13.9. The fourth-order valence-electron chi connectivity index (χ4n) is 1.17. The van der Waals surface area contributed by atoms with Gasteiger partial charge in [-0.05, 0) is 37.0 Å². The summed E-state index contributed by atoms with van der Waals surface area (Å²) < 4.78 is 0. The first-order valence-corrected chi connectivity index (χ1v) is 15.4. The highest BCUT2D eigenvalue weighted by Gasteiger charge is 1.94. The Morgan fingerprint density at radius 2 is 1.00 bits per heavy atom. The van der Waals surface area contributed by atoms with Crippen LogP contribution in [0.2, 0.25) is 6.55 Å². The van der Waals surface area contributed by atoms with Crippen LogP contribution < -0.4 is 0 Å². The van der Waals surface area contributed by atoms with Crippen LogP contribution in [0.15, 0.2) is 0 Å². The Labute approximate surface area is 119 Å². The Bertz CT molecular complexity index is 83.2. The van der Waals surface area contributed by atoms with E-state index in [4.69, 9.17) is 0 Å². The summed E-state index contributed by atoms with van der Waals surface area (Å²) in [5.74, 6) is 0. The summed E-state index contributed by atoms with van der Waals surface area (Å²) in [6, 6.07) is 0. The van der Waals surface area contributed by atoms with Gasteiger partial charge in [-0.3, -0.25) is 0 Å². The van der Waals surface area contributed by atoms with E-state index in [1.807, 2.05) is 0 Å². The first-order chi connectivity index (χ1) is 8.17. The molecule has 0 heterocycles. The normalized spacial score (nSPS) is 9.88. The molecule has 0 fully saturated rings. The molecular formula is C13H37P3Si. The molecule has 0 unspecified atom stereocenters. The lowest BCUT2D eigenvalue weighted by Crippen LogP contribution is -1.86. The average molecular weight is 314 g/mol. The van der Waals surface area contributed by atoms with Gasteiger partial charge < -0.3 is 0 Å². The molecule has 0 aromatic heterocycles. The van der Waals surface area contributed by atoms with E-state index in [0.29, 0.717) is 16.7 Å². The van der Waals surface area contributed by atoms with Gasteiger partial charge in [0.15, 0.2) is 0 Å². The number of rotatable bonds is 7. The SMILES string of the molecule is CCP(CC)[SiH2]C.CCPCC.CCPCC. The Morgan fingerprint density at radius 1 is 0.706 bits per heavy atom.